The maximum absolute atomic E-state index is 13.3. The van der Waals surface area contributed by atoms with Gasteiger partial charge in [0.15, 0.2) is 0 Å². The van der Waals surface area contributed by atoms with Crippen molar-refractivity contribution in [2.45, 2.75) is 51.1 Å². The molecule has 2 N–H and O–H groups in total. The molecule has 0 spiro atoms. The van der Waals surface area contributed by atoms with Crippen LogP contribution in [-0.4, -0.2) is 24.0 Å². The Balaban J connectivity index is 2.04. The third-order valence-electron chi connectivity index (χ3n) is 5.11. The second-order valence-electron chi connectivity index (χ2n) is 6.27. The summed E-state index contributed by atoms with van der Waals surface area (Å²) in [7, 11) is 2.13. The minimum atomic E-state index is -0.160. The van der Waals surface area contributed by atoms with Crippen LogP contribution in [0.2, 0.25) is 0 Å². The van der Waals surface area contributed by atoms with Gasteiger partial charge in [-0.15, -0.1) is 0 Å². The highest BCUT2D eigenvalue weighted by Gasteiger charge is 2.37. The highest BCUT2D eigenvalue weighted by atomic mass is 19.1. The lowest BCUT2D eigenvalue weighted by atomic mass is 9.74. The summed E-state index contributed by atoms with van der Waals surface area (Å²) in [5.41, 5.74) is 7.21. The summed E-state index contributed by atoms with van der Waals surface area (Å²) in [5, 5.41) is 0. The first-order valence-electron chi connectivity index (χ1n) is 7.75. The summed E-state index contributed by atoms with van der Waals surface area (Å²) in [6.45, 7) is 3.73. The topological polar surface area (TPSA) is 29.3 Å². The molecule has 2 nitrogen and oxygen atoms in total. The van der Waals surface area contributed by atoms with Gasteiger partial charge in [-0.1, -0.05) is 25.5 Å². The van der Waals surface area contributed by atoms with Gasteiger partial charge in [-0.05, 0) is 56.3 Å². The molecule has 2 rings (SSSR count). The fraction of sp³-hybridized carbons (Fsp3) is 0.647. The van der Waals surface area contributed by atoms with Crippen LogP contribution in [0.3, 0.4) is 0 Å². The smallest absolute Gasteiger partial charge is 0.123 e. The van der Waals surface area contributed by atoms with Crippen LogP contribution in [0.5, 0.6) is 0 Å². The minimum absolute atomic E-state index is 0.0952. The Morgan fingerprint density at radius 2 is 2.05 bits per heavy atom. The van der Waals surface area contributed by atoms with Crippen LogP contribution < -0.4 is 5.73 Å². The lowest BCUT2D eigenvalue weighted by Crippen LogP contribution is -2.53. The summed E-state index contributed by atoms with van der Waals surface area (Å²) in [5.74, 6) is 0.699. The number of benzene rings is 1. The van der Waals surface area contributed by atoms with Crippen molar-refractivity contribution >= 4 is 0 Å². The monoisotopic (exact) mass is 278 g/mol. The van der Waals surface area contributed by atoms with Crippen molar-refractivity contribution in [3.63, 3.8) is 0 Å². The molecule has 3 heteroatoms. The van der Waals surface area contributed by atoms with Crippen LogP contribution in [0, 0.1) is 11.7 Å². The van der Waals surface area contributed by atoms with Gasteiger partial charge in [-0.2, -0.15) is 0 Å². The van der Waals surface area contributed by atoms with Gasteiger partial charge in [-0.25, -0.2) is 4.39 Å². The highest BCUT2D eigenvalue weighted by molar-refractivity contribution is 5.16. The molecule has 0 bridgehead atoms. The molecule has 0 atom stereocenters. The van der Waals surface area contributed by atoms with Gasteiger partial charge in [0, 0.05) is 18.6 Å². The second kappa shape index (κ2) is 6.68. The average Bonchev–Trinajstić information content (AvgIpc) is 2.47. The Morgan fingerprint density at radius 1 is 1.35 bits per heavy atom. The average molecular weight is 278 g/mol. The van der Waals surface area contributed by atoms with E-state index in [4.69, 9.17) is 5.73 Å². The predicted octanol–water partition coefficient (Wildman–Crippen LogP) is 3.56. The van der Waals surface area contributed by atoms with Crippen molar-refractivity contribution in [2.24, 2.45) is 11.7 Å². The summed E-state index contributed by atoms with van der Waals surface area (Å²) in [4.78, 5) is 2.34. The van der Waals surface area contributed by atoms with Gasteiger partial charge in [-0.3, -0.25) is 4.90 Å². The van der Waals surface area contributed by atoms with Crippen LogP contribution >= 0.6 is 0 Å². The van der Waals surface area contributed by atoms with E-state index in [0.29, 0.717) is 6.54 Å². The molecule has 0 aliphatic heterocycles. The molecule has 0 radical (unpaired) electrons. The van der Waals surface area contributed by atoms with Gasteiger partial charge in [0.2, 0.25) is 0 Å². The zero-order chi connectivity index (χ0) is 14.6. The van der Waals surface area contributed by atoms with Crippen LogP contribution in [0.25, 0.3) is 0 Å². The number of nitrogens with zero attached hydrogens (tertiary/aromatic N) is 1. The van der Waals surface area contributed by atoms with Crippen LogP contribution in [-0.2, 0) is 6.54 Å². The number of likely N-dealkylation sites (N-methyl/N-ethyl adjacent to an activating group) is 1. The van der Waals surface area contributed by atoms with Gasteiger partial charge in [0.05, 0.1) is 0 Å². The number of nitrogens with two attached hydrogens (primary N) is 1. The minimum Gasteiger partial charge on any atom is -0.329 e. The third-order valence-corrected chi connectivity index (χ3v) is 5.11. The molecule has 1 aliphatic carbocycles. The highest BCUT2D eigenvalue weighted by Crippen LogP contribution is 2.37. The molecule has 0 heterocycles. The molecule has 0 unspecified atom stereocenters. The Morgan fingerprint density at radius 3 is 2.60 bits per heavy atom. The molecule has 1 fully saturated rings. The maximum atomic E-state index is 13.3. The molecule has 1 aliphatic rings. The van der Waals surface area contributed by atoms with Crippen molar-refractivity contribution in [2.75, 3.05) is 13.6 Å². The molecule has 112 valence electrons. The van der Waals surface area contributed by atoms with Crippen molar-refractivity contribution in [1.82, 2.24) is 4.90 Å². The van der Waals surface area contributed by atoms with E-state index in [-0.39, 0.29) is 11.4 Å². The quantitative estimate of drug-likeness (QED) is 0.892. The van der Waals surface area contributed by atoms with E-state index >= 15 is 0 Å². The molecule has 1 aromatic carbocycles. The number of hydrogen-bond donors (Lipinski definition) is 1. The summed E-state index contributed by atoms with van der Waals surface area (Å²) in [6, 6.07) is 6.89. The first-order valence-corrected chi connectivity index (χ1v) is 7.75. The van der Waals surface area contributed by atoms with Gasteiger partial charge in [0.25, 0.3) is 0 Å². The largest absolute Gasteiger partial charge is 0.329 e. The summed E-state index contributed by atoms with van der Waals surface area (Å²) >= 11 is 0. The van der Waals surface area contributed by atoms with Gasteiger partial charge >= 0.3 is 0 Å². The van der Waals surface area contributed by atoms with E-state index in [2.05, 4.69) is 18.9 Å². The van der Waals surface area contributed by atoms with E-state index in [1.54, 1.807) is 12.1 Å². The molecule has 20 heavy (non-hydrogen) atoms. The number of hydrogen-bond acceptors (Lipinski definition) is 2. The Hall–Kier alpha value is -0.930. The normalized spacial score (nSPS) is 26.9. The van der Waals surface area contributed by atoms with Crippen molar-refractivity contribution < 1.29 is 4.39 Å². The predicted molar refractivity (Wildman–Crippen MR) is 81.9 cm³/mol. The third kappa shape index (κ3) is 3.39. The van der Waals surface area contributed by atoms with Crippen LogP contribution in [0.1, 0.15) is 44.6 Å². The van der Waals surface area contributed by atoms with Crippen molar-refractivity contribution in [3.05, 3.63) is 35.6 Å². The first kappa shape index (κ1) is 15.5. The van der Waals surface area contributed by atoms with Gasteiger partial charge in [0.1, 0.15) is 5.82 Å². The second-order valence-corrected chi connectivity index (χ2v) is 6.27. The lowest BCUT2D eigenvalue weighted by molar-refractivity contribution is 0.0578. The summed E-state index contributed by atoms with van der Waals surface area (Å²) < 4.78 is 13.3. The fourth-order valence-corrected chi connectivity index (χ4v) is 3.44. The number of rotatable bonds is 5. The molecule has 0 aromatic heterocycles. The Labute approximate surface area is 122 Å². The van der Waals surface area contributed by atoms with E-state index in [0.717, 1.165) is 30.9 Å². The SMILES string of the molecule is CCC1CCC(CN)(N(C)Cc2cccc(F)c2)CC1. The Bertz CT molecular complexity index is 425. The van der Waals surface area contributed by atoms with Gasteiger partial charge < -0.3 is 5.73 Å². The zero-order valence-electron chi connectivity index (χ0n) is 12.7. The molecule has 1 saturated carbocycles. The maximum Gasteiger partial charge on any atom is 0.123 e. The summed E-state index contributed by atoms with van der Waals surface area (Å²) in [6.07, 6.45) is 6.12. The fourth-order valence-electron chi connectivity index (χ4n) is 3.44. The molecular formula is C17H27FN2. The lowest BCUT2D eigenvalue weighted by Gasteiger charge is -2.46. The van der Waals surface area contributed by atoms with Crippen LogP contribution in [0.15, 0.2) is 24.3 Å². The molecular weight excluding hydrogens is 251 g/mol. The van der Waals surface area contributed by atoms with Crippen LogP contribution in [0.4, 0.5) is 4.39 Å². The molecule has 1 aromatic rings. The zero-order valence-corrected chi connectivity index (χ0v) is 12.7. The standard InChI is InChI=1S/C17H27FN2/c1-3-14-7-9-17(13-19,10-8-14)20(2)12-15-5-4-6-16(18)11-15/h4-6,11,14H,3,7-10,12-13,19H2,1-2H3. The molecule has 0 amide bonds. The van der Waals surface area contributed by atoms with E-state index in [1.165, 1.54) is 25.3 Å². The Kier molecular flexibility index (Phi) is 5.17. The van der Waals surface area contributed by atoms with Crippen molar-refractivity contribution in [1.29, 1.82) is 0 Å². The van der Waals surface area contributed by atoms with E-state index in [9.17, 15) is 4.39 Å². The first-order chi connectivity index (χ1) is 9.59. The van der Waals surface area contributed by atoms with Crippen molar-refractivity contribution in [3.8, 4) is 0 Å². The van der Waals surface area contributed by atoms with E-state index < -0.39 is 0 Å². The number of halogens is 1. The van der Waals surface area contributed by atoms with E-state index in [1.807, 2.05) is 6.07 Å². The molecule has 0 saturated heterocycles.